The first-order valence-corrected chi connectivity index (χ1v) is 8.14. The predicted octanol–water partition coefficient (Wildman–Crippen LogP) is 1.79. The Labute approximate surface area is 135 Å². The van der Waals surface area contributed by atoms with Gasteiger partial charge in [-0.05, 0) is 50.3 Å². The van der Waals surface area contributed by atoms with E-state index in [1.54, 1.807) is 6.07 Å². The second kappa shape index (κ2) is 6.68. The number of hydrogen-bond acceptors (Lipinski definition) is 4. The highest BCUT2D eigenvalue weighted by molar-refractivity contribution is 5.97. The highest BCUT2D eigenvalue weighted by Crippen LogP contribution is 2.31. The maximum Gasteiger partial charge on any atom is 0.253 e. The molecular weight excluding hydrogens is 294 g/mol. The second-order valence-electron chi connectivity index (χ2n) is 6.34. The largest absolute Gasteiger partial charge is 0.364 e. The molecule has 4 N–H and O–H groups in total. The molecule has 124 valence electrons. The van der Waals surface area contributed by atoms with Crippen LogP contribution in [0.25, 0.3) is 0 Å². The standard InChI is InChI=1S/C17H23N3O3/c1-10-2-5-12(19-16(21)11-3-4-11)8-14(10)20-17(22)15-7-6-13(9-18)23-15/h2,5,8,11,13,15H,3-4,6-7,9,18H2,1H3,(H,19,21)(H,20,22)/t13-,15+/m1/s1. The second-order valence-corrected chi connectivity index (χ2v) is 6.34. The number of nitrogens with two attached hydrogens (primary N) is 1. The van der Waals surface area contributed by atoms with Gasteiger partial charge in [0, 0.05) is 23.8 Å². The van der Waals surface area contributed by atoms with Crippen LogP contribution in [0.1, 0.15) is 31.2 Å². The van der Waals surface area contributed by atoms with E-state index in [1.807, 2.05) is 19.1 Å². The summed E-state index contributed by atoms with van der Waals surface area (Å²) in [6, 6.07) is 5.53. The Morgan fingerprint density at radius 2 is 1.96 bits per heavy atom. The van der Waals surface area contributed by atoms with Gasteiger partial charge < -0.3 is 21.1 Å². The van der Waals surface area contributed by atoms with E-state index < -0.39 is 6.10 Å². The van der Waals surface area contributed by atoms with E-state index in [0.29, 0.717) is 24.3 Å². The van der Waals surface area contributed by atoms with Crippen LogP contribution >= 0.6 is 0 Å². The number of amides is 2. The lowest BCUT2D eigenvalue weighted by Gasteiger charge is -2.15. The SMILES string of the molecule is Cc1ccc(NC(=O)C2CC2)cc1NC(=O)[C@@H]1CC[C@H](CN)O1. The van der Waals surface area contributed by atoms with Gasteiger partial charge in [0.1, 0.15) is 6.10 Å². The third-order valence-electron chi connectivity index (χ3n) is 4.37. The van der Waals surface area contributed by atoms with Gasteiger partial charge in [-0.1, -0.05) is 6.07 Å². The van der Waals surface area contributed by atoms with Gasteiger partial charge in [-0.2, -0.15) is 0 Å². The first-order chi connectivity index (χ1) is 11.1. The predicted molar refractivity (Wildman–Crippen MR) is 88.1 cm³/mol. The minimum Gasteiger partial charge on any atom is -0.364 e. The molecule has 0 unspecified atom stereocenters. The number of ether oxygens (including phenoxy) is 1. The Hall–Kier alpha value is -1.92. The molecule has 2 aliphatic rings. The van der Waals surface area contributed by atoms with Crippen LogP contribution in [0.5, 0.6) is 0 Å². The lowest BCUT2D eigenvalue weighted by molar-refractivity contribution is -0.126. The lowest BCUT2D eigenvalue weighted by Crippen LogP contribution is -2.30. The molecule has 1 aromatic rings. The van der Waals surface area contributed by atoms with Crippen molar-refractivity contribution in [1.29, 1.82) is 0 Å². The van der Waals surface area contributed by atoms with Crippen molar-refractivity contribution in [1.82, 2.24) is 0 Å². The van der Waals surface area contributed by atoms with Gasteiger partial charge in [0.25, 0.3) is 5.91 Å². The molecule has 3 rings (SSSR count). The van der Waals surface area contributed by atoms with Crippen LogP contribution in [0.2, 0.25) is 0 Å². The third-order valence-corrected chi connectivity index (χ3v) is 4.37. The summed E-state index contributed by atoms with van der Waals surface area (Å²) in [6.45, 7) is 2.35. The molecule has 1 aliphatic heterocycles. The van der Waals surface area contributed by atoms with Crippen molar-refractivity contribution in [2.24, 2.45) is 11.7 Å². The van der Waals surface area contributed by atoms with Crippen molar-refractivity contribution in [3.05, 3.63) is 23.8 Å². The normalized spacial score (nSPS) is 23.6. The number of carbonyl (C=O) groups excluding carboxylic acids is 2. The summed E-state index contributed by atoms with van der Waals surface area (Å²) >= 11 is 0. The molecule has 0 radical (unpaired) electrons. The van der Waals surface area contributed by atoms with Crippen LogP contribution in [0.4, 0.5) is 11.4 Å². The van der Waals surface area contributed by atoms with E-state index >= 15 is 0 Å². The highest BCUT2D eigenvalue weighted by Gasteiger charge is 2.31. The number of benzene rings is 1. The topological polar surface area (TPSA) is 93.5 Å². The molecule has 2 amide bonds. The van der Waals surface area contributed by atoms with Crippen LogP contribution in [0.15, 0.2) is 18.2 Å². The smallest absolute Gasteiger partial charge is 0.253 e. The number of carbonyl (C=O) groups is 2. The number of anilines is 2. The van der Waals surface area contributed by atoms with E-state index in [4.69, 9.17) is 10.5 Å². The zero-order valence-electron chi connectivity index (χ0n) is 13.3. The average Bonchev–Trinajstić information content (AvgIpc) is 3.28. The van der Waals surface area contributed by atoms with Crippen molar-refractivity contribution >= 4 is 23.2 Å². The quantitative estimate of drug-likeness (QED) is 0.772. The zero-order valence-corrected chi connectivity index (χ0v) is 13.3. The number of aryl methyl sites for hydroxylation is 1. The summed E-state index contributed by atoms with van der Waals surface area (Å²) in [6.07, 6.45) is 2.94. The minimum atomic E-state index is -0.451. The molecule has 6 heteroatoms. The van der Waals surface area contributed by atoms with E-state index in [2.05, 4.69) is 10.6 Å². The van der Waals surface area contributed by atoms with Gasteiger partial charge in [0.05, 0.1) is 6.10 Å². The molecular formula is C17H23N3O3. The summed E-state index contributed by atoms with van der Waals surface area (Å²) in [5, 5.41) is 5.79. The van der Waals surface area contributed by atoms with Gasteiger partial charge in [-0.3, -0.25) is 9.59 Å². The maximum atomic E-state index is 12.3. The summed E-state index contributed by atoms with van der Waals surface area (Å²) in [5.41, 5.74) is 7.91. The van der Waals surface area contributed by atoms with Gasteiger partial charge in [0.15, 0.2) is 0 Å². The number of hydrogen-bond donors (Lipinski definition) is 3. The summed E-state index contributed by atoms with van der Waals surface area (Å²) < 4.78 is 5.61. The van der Waals surface area contributed by atoms with Crippen molar-refractivity contribution in [2.45, 2.75) is 44.8 Å². The van der Waals surface area contributed by atoms with E-state index in [1.165, 1.54) is 0 Å². The Morgan fingerprint density at radius 1 is 1.17 bits per heavy atom. The molecule has 2 atom stereocenters. The fraction of sp³-hybridized carbons (Fsp3) is 0.529. The van der Waals surface area contributed by atoms with Crippen LogP contribution in [-0.2, 0) is 14.3 Å². The Bertz CT molecular complexity index is 613. The molecule has 1 heterocycles. The summed E-state index contributed by atoms with van der Waals surface area (Å²) in [7, 11) is 0. The van der Waals surface area contributed by atoms with Crippen molar-refractivity contribution in [2.75, 3.05) is 17.2 Å². The van der Waals surface area contributed by atoms with Gasteiger partial charge >= 0.3 is 0 Å². The molecule has 0 aromatic heterocycles. The molecule has 6 nitrogen and oxygen atoms in total. The average molecular weight is 317 g/mol. The molecule has 23 heavy (non-hydrogen) atoms. The molecule has 0 bridgehead atoms. The van der Waals surface area contributed by atoms with Crippen LogP contribution in [0, 0.1) is 12.8 Å². The Morgan fingerprint density at radius 3 is 2.61 bits per heavy atom. The van der Waals surface area contributed by atoms with Crippen molar-refractivity contribution < 1.29 is 14.3 Å². The molecule has 0 spiro atoms. The minimum absolute atomic E-state index is 0.0315. The zero-order chi connectivity index (χ0) is 16.4. The fourth-order valence-corrected chi connectivity index (χ4v) is 2.71. The van der Waals surface area contributed by atoms with Crippen LogP contribution in [0.3, 0.4) is 0 Å². The van der Waals surface area contributed by atoms with Crippen molar-refractivity contribution in [3.63, 3.8) is 0 Å². The van der Waals surface area contributed by atoms with Gasteiger partial charge in [-0.15, -0.1) is 0 Å². The summed E-state index contributed by atoms with van der Waals surface area (Å²) in [4.78, 5) is 24.2. The maximum absolute atomic E-state index is 12.3. The molecule has 1 aromatic carbocycles. The Kier molecular flexibility index (Phi) is 4.63. The third kappa shape index (κ3) is 3.89. The molecule has 1 aliphatic carbocycles. The monoisotopic (exact) mass is 317 g/mol. The van der Waals surface area contributed by atoms with E-state index in [-0.39, 0.29) is 23.8 Å². The summed E-state index contributed by atoms with van der Waals surface area (Å²) in [5.74, 6) is 0.0418. The van der Waals surface area contributed by atoms with Crippen LogP contribution < -0.4 is 16.4 Å². The van der Waals surface area contributed by atoms with Crippen molar-refractivity contribution in [3.8, 4) is 0 Å². The lowest BCUT2D eigenvalue weighted by atomic mass is 10.1. The first-order valence-electron chi connectivity index (χ1n) is 8.14. The molecule has 1 saturated heterocycles. The highest BCUT2D eigenvalue weighted by atomic mass is 16.5. The fourth-order valence-electron chi connectivity index (χ4n) is 2.71. The molecule has 1 saturated carbocycles. The van der Waals surface area contributed by atoms with E-state index in [0.717, 1.165) is 24.8 Å². The van der Waals surface area contributed by atoms with Gasteiger partial charge in [0.2, 0.25) is 5.91 Å². The molecule has 2 fully saturated rings. The number of nitrogens with one attached hydrogen (secondary N) is 2. The van der Waals surface area contributed by atoms with E-state index in [9.17, 15) is 9.59 Å². The van der Waals surface area contributed by atoms with Gasteiger partial charge in [-0.25, -0.2) is 0 Å². The first kappa shape index (κ1) is 16.0. The Balaban J connectivity index is 1.64. The number of rotatable bonds is 5. The van der Waals surface area contributed by atoms with Crippen LogP contribution in [-0.4, -0.2) is 30.6 Å².